The standard InChI is InChI=1S/C8H9ClO2/c9-8(7(10)11)4-5-1-2-6(8)3-5/h1-2,5-6H,3-4H2,(H,10,11)/p-1/t5-,6+,8+/m0/s1. The molecule has 0 heterocycles. The van der Waals surface area contributed by atoms with Gasteiger partial charge in [-0.05, 0) is 18.8 Å². The molecule has 0 unspecified atom stereocenters. The fraction of sp³-hybridized carbons (Fsp3) is 0.625. The molecule has 0 aromatic heterocycles. The molecule has 2 aliphatic carbocycles. The van der Waals surface area contributed by atoms with Gasteiger partial charge in [0.15, 0.2) is 0 Å². The van der Waals surface area contributed by atoms with E-state index >= 15 is 0 Å². The number of allylic oxidation sites excluding steroid dienone is 2. The molecule has 2 aliphatic rings. The minimum Gasteiger partial charge on any atom is -0.548 e. The summed E-state index contributed by atoms with van der Waals surface area (Å²) in [6.07, 6.45) is 5.38. The van der Waals surface area contributed by atoms with Crippen molar-refractivity contribution in [2.75, 3.05) is 0 Å². The van der Waals surface area contributed by atoms with E-state index < -0.39 is 10.8 Å². The summed E-state index contributed by atoms with van der Waals surface area (Å²) in [5.41, 5.74) is 0. The molecule has 0 N–H and O–H groups in total. The summed E-state index contributed by atoms with van der Waals surface area (Å²) in [4.78, 5) is 9.54. The lowest BCUT2D eigenvalue weighted by Crippen LogP contribution is -2.46. The molecule has 0 spiro atoms. The van der Waals surface area contributed by atoms with E-state index in [4.69, 9.17) is 11.6 Å². The summed E-state index contributed by atoms with van der Waals surface area (Å²) in [6, 6.07) is 0. The van der Waals surface area contributed by atoms with Gasteiger partial charge in [0, 0.05) is 5.92 Å². The van der Waals surface area contributed by atoms with Gasteiger partial charge in [-0.1, -0.05) is 12.2 Å². The summed E-state index contributed by atoms with van der Waals surface area (Å²) in [5, 5.41) is 10.6. The molecule has 2 bridgehead atoms. The molecule has 0 saturated heterocycles. The molecule has 1 saturated carbocycles. The first-order valence-electron chi connectivity index (χ1n) is 3.71. The quantitative estimate of drug-likeness (QED) is 0.421. The van der Waals surface area contributed by atoms with Crippen molar-refractivity contribution in [3.63, 3.8) is 0 Å². The zero-order valence-electron chi connectivity index (χ0n) is 5.92. The number of carboxylic acids is 1. The second-order valence-electron chi connectivity index (χ2n) is 3.34. The van der Waals surface area contributed by atoms with Crippen LogP contribution in [-0.2, 0) is 4.79 Å². The number of alkyl halides is 1. The average molecular weight is 172 g/mol. The Hall–Kier alpha value is -0.500. The van der Waals surface area contributed by atoms with Crippen molar-refractivity contribution in [2.45, 2.75) is 17.7 Å². The Morgan fingerprint density at radius 3 is 2.64 bits per heavy atom. The average Bonchev–Trinajstić information content (AvgIpc) is 2.45. The highest BCUT2D eigenvalue weighted by Crippen LogP contribution is 2.49. The molecule has 2 nitrogen and oxygen atoms in total. The van der Waals surface area contributed by atoms with Gasteiger partial charge < -0.3 is 9.90 Å². The Kier molecular flexibility index (Phi) is 1.31. The molecule has 0 radical (unpaired) electrons. The van der Waals surface area contributed by atoms with Crippen LogP contribution in [0.1, 0.15) is 12.8 Å². The van der Waals surface area contributed by atoms with Gasteiger partial charge >= 0.3 is 0 Å². The van der Waals surface area contributed by atoms with E-state index in [0.29, 0.717) is 12.3 Å². The molecule has 11 heavy (non-hydrogen) atoms. The second kappa shape index (κ2) is 2.01. The smallest absolute Gasteiger partial charge is 0.0907 e. The topological polar surface area (TPSA) is 40.1 Å². The van der Waals surface area contributed by atoms with Crippen LogP contribution in [0.3, 0.4) is 0 Å². The highest BCUT2D eigenvalue weighted by molar-refractivity contribution is 6.34. The largest absolute Gasteiger partial charge is 0.548 e. The van der Waals surface area contributed by atoms with Gasteiger partial charge in [-0.25, -0.2) is 0 Å². The predicted octanol–water partition coefficient (Wildman–Crippen LogP) is 0.310. The van der Waals surface area contributed by atoms with Crippen LogP contribution in [0.15, 0.2) is 12.2 Å². The lowest BCUT2D eigenvalue weighted by molar-refractivity contribution is -0.310. The maximum Gasteiger partial charge on any atom is 0.0907 e. The monoisotopic (exact) mass is 171 g/mol. The highest BCUT2D eigenvalue weighted by Gasteiger charge is 2.48. The first-order chi connectivity index (χ1) is 5.13. The van der Waals surface area contributed by atoms with Crippen LogP contribution < -0.4 is 5.11 Å². The summed E-state index contributed by atoms with van der Waals surface area (Å²) in [6.45, 7) is 0. The van der Waals surface area contributed by atoms with Crippen LogP contribution in [-0.4, -0.2) is 10.8 Å². The third-order valence-corrected chi connectivity index (χ3v) is 3.25. The van der Waals surface area contributed by atoms with Crippen LogP contribution in [0.2, 0.25) is 0 Å². The molecular formula is C8H8ClO2-. The first-order valence-corrected chi connectivity index (χ1v) is 4.09. The van der Waals surface area contributed by atoms with Crippen molar-refractivity contribution in [1.29, 1.82) is 0 Å². The molecule has 1 fully saturated rings. The van der Waals surface area contributed by atoms with Gasteiger partial charge in [0.2, 0.25) is 0 Å². The Morgan fingerprint density at radius 2 is 2.36 bits per heavy atom. The summed E-state index contributed by atoms with van der Waals surface area (Å²) in [5.74, 6) is -0.745. The van der Waals surface area contributed by atoms with Gasteiger partial charge in [0.05, 0.1) is 10.8 Å². The zero-order valence-corrected chi connectivity index (χ0v) is 6.67. The maximum absolute atomic E-state index is 10.6. The van der Waals surface area contributed by atoms with E-state index in [0.717, 1.165) is 6.42 Å². The van der Waals surface area contributed by atoms with Gasteiger partial charge in [-0.2, -0.15) is 0 Å². The summed E-state index contributed by atoms with van der Waals surface area (Å²) < 4.78 is 0. The lowest BCUT2D eigenvalue weighted by atomic mass is 9.93. The normalized spacial score (nSPS) is 46.6. The van der Waals surface area contributed by atoms with E-state index in [1.807, 2.05) is 12.2 Å². The van der Waals surface area contributed by atoms with E-state index in [-0.39, 0.29) is 5.92 Å². The highest BCUT2D eigenvalue weighted by atomic mass is 35.5. The SMILES string of the molecule is O=C([O-])[C@@]1(Cl)C[C@H]2C=C[C@@H]1C2. The van der Waals surface area contributed by atoms with Crippen molar-refractivity contribution in [2.24, 2.45) is 11.8 Å². The van der Waals surface area contributed by atoms with E-state index in [1.54, 1.807) is 0 Å². The van der Waals surface area contributed by atoms with Gasteiger partial charge in [0.25, 0.3) is 0 Å². The molecule has 0 aromatic carbocycles. The summed E-state index contributed by atoms with van der Waals surface area (Å²) >= 11 is 5.89. The number of aliphatic carboxylic acids is 1. The van der Waals surface area contributed by atoms with Crippen molar-refractivity contribution >= 4 is 17.6 Å². The lowest BCUT2D eigenvalue weighted by Gasteiger charge is -2.29. The van der Waals surface area contributed by atoms with E-state index in [1.165, 1.54) is 0 Å². The van der Waals surface area contributed by atoms with Crippen molar-refractivity contribution in [3.8, 4) is 0 Å². The Balaban J connectivity index is 2.30. The van der Waals surface area contributed by atoms with E-state index in [2.05, 4.69) is 0 Å². The molecule has 60 valence electrons. The molecule has 2 rings (SSSR count). The molecule has 0 amide bonds. The fourth-order valence-corrected chi connectivity index (χ4v) is 2.39. The van der Waals surface area contributed by atoms with Crippen LogP contribution >= 0.6 is 11.6 Å². The third kappa shape index (κ3) is 0.822. The number of rotatable bonds is 1. The predicted molar refractivity (Wildman–Crippen MR) is 38.9 cm³/mol. The number of halogens is 1. The molecule has 3 atom stereocenters. The number of fused-ring (bicyclic) bond motifs is 2. The minimum absolute atomic E-state index is 0.000772. The number of carboxylic acid groups (broad SMARTS) is 1. The zero-order chi connectivity index (χ0) is 8.06. The molecule has 0 aliphatic heterocycles. The Bertz CT molecular complexity index is 236. The van der Waals surface area contributed by atoms with Gasteiger partial charge in [-0.3, -0.25) is 0 Å². The third-order valence-electron chi connectivity index (χ3n) is 2.66. The fourth-order valence-electron chi connectivity index (χ4n) is 2.03. The Morgan fingerprint density at radius 1 is 1.64 bits per heavy atom. The van der Waals surface area contributed by atoms with Crippen molar-refractivity contribution in [1.82, 2.24) is 0 Å². The Labute approximate surface area is 69.9 Å². The van der Waals surface area contributed by atoms with Crippen molar-refractivity contribution < 1.29 is 9.90 Å². The number of hydrogen-bond acceptors (Lipinski definition) is 2. The second-order valence-corrected chi connectivity index (χ2v) is 4.02. The molecule has 3 heteroatoms. The van der Waals surface area contributed by atoms with Crippen LogP contribution in [0.4, 0.5) is 0 Å². The van der Waals surface area contributed by atoms with Crippen molar-refractivity contribution in [3.05, 3.63) is 12.2 Å². The number of hydrogen-bond donors (Lipinski definition) is 0. The number of carbonyl (C=O) groups excluding carboxylic acids is 1. The van der Waals surface area contributed by atoms with Crippen LogP contribution in [0.25, 0.3) is 0 Å². The number of carbonyl (C=O) groups is 1. The summed E-state index contributed by atoms with van der Waals surface area (Å²) in [7, 11) is 0. The van der Waals surface area contributed by atoms with Crippen LogP contribution in [0.5, 0.6) is 0 Å². The van der Waals surface area contributed by atoms with E-state index in [9.17, 15) is 9.90 Å². The first kappa shape index (κ1) is 7.17. The molecule has 0 aromatic rings. The minimum atomic E-state index is -1.11. The molecular weight excluding hydrogens is 164 g/mol. The van der Waals surface area contributed by atoms with Crippen LogP contribution in [0, 0.1) is 11.8 Å². The van der Waals surface area contributed by atoms with Gasteiger partial charge in [0.1, 0.15) is 0 Å². The maximum atomic E-state index is 10.6. The van der Waals surface area contributed by atoms with Gasteiger partial charge in [-0.15, -0.1) is 11.6 Å².